The number of amides is 2. The van der Waals surface area contributed by atoms with Gasteiger partial charge in [0.25, 0.3) is 5.91 Å². The highest BCUT2D eigenvalue weighted by molar-refractivity contribution is 6.34. The molecule has 0 radical (unpaired) electrons. The molecule has 22 heavy (non-hydrogen) atoms. The third-order valence-corrected chi connectivity index (χ3v) is 3.67. The van der Waals surface area contributed by atoms with Crippen molar-refractivity contribution in [3.05, 3.63) is 53.3 Å². The fraction of sp³-hybridized carbons (Fsp3) is 0.250. The Morgan fingerprint density at radius 3 is 2.59 bits per heavy atom. The average Bonchev–Trinajstić information content (AvgIpc) is 3.02. The summed E-state index contributed by atoms with van der Waals surface area (Å²) in [5, 5.41) is 5.65. The molecule has 1 aromatic heterocycles. The van der Waals surface area contributed by atoms with Gasteiger partial charge in [0, 0.05) is 37.6 Å². The fourth-order valence-electron chi connectivity index (χ4n) is 2.14. The van der Waals surface area contributed by atoms with Crippen molar-refractivity contribution in [2.24, 2.45) is 0 Å². The lowest BCUT2D eigenvalue weighted by atomic mass is 10.1. The minimum atomic E-state index is -0.290. The highest BCUT2D eigenvalue weighted by Crippen LogP contribution is 2.21. The summed E-state index contributed by atoms with van der Waals surface area (Å²) in [5.74, 6) is -0.409. The Morgan fingerprint density at radius 1 is 1.27 bits per heavy atom. The summed E-state index contributed by atoms with van der Waals surface area (Å²) in [7, 11) is 1.53. The van der Waals surface area contributed by atoms with E-state index in [-0.39, 0.29) is 17.9 Å². The molecule has 0 aliphatic carbocycles. The molecule has 2 rings (SSSR count). The van der Waals surface area contributed by atoms with Gasteiger partial charge in [-0.3, -0.25) is 9.59 Å². The van der Waals surface area contributed by atoms with Gasteiger partial charge in [-0.2, -0.15) is 0 Å². The second-order valence-corrected chi connectivity index (χ2v) is 5.41. The van der Waals surface area contributed by atoms with Gasteiger partial charge in [-0.1, -0.05) is 11.6 Å². The maximum atomic E-state index is 12.1. The predicted octanol–water partition coefficient (Wildman–Crippen LogP) is 3.09. The molecule has 0 saturated heterocycles. The number of anilines is 1. The van der Waals surface area contributed by atoms with Gasteiger partial charge in [0.2, 0.25) is 5.91 Å². The van der Waals surface area contributed by atoms with E-state index in [1.54, 1.807) is 18.2 Å². The molecule has 1 heterocycles. The Morgan fingerprint density at radius 2 is 1.95 bits per heavy atom. The molecule has 0 aliphatic heterocycles. The molecular weight excluding hydrogens is 302 g/mol. The molecule has 1 atom stereocenters. The van der Waals surface area contributed by atoms with E-state index in [9.17, 15) is 9.59 Å². The Hall–Kier alpha value is -2.27. The maximum Gasteiger partial charge on any atom is 0.252 e. The van der Waals surface area contributed by atoms with Crippen LogP contribution in [0.5, 0.6) is 0 Å². The Labute approximate surface area is 134 Å². The van der Waals surface area contributed by atoms with Crippen LogP contribution in [0.25, 0.3) is 0 Å². The summed E-state index contributed by atoms with van der Waals surface area (Å²) in [6.07, 6.45) is 4.18. The van der Waals surface area contributed by atoms with Gasteiger partial charge in [0.1, 0.15) is 0 Å². The summed E-state index contributed by atoms with van der Waals surface area (Å²) in [6.45, 7) is 1.97. The highest BCUT2D eigenvalue weighted by atomic mass is 35.5. The summed E-state index contributed by atoms with van der Waals surface area (Å²) in [4.78, 5) is 23.8. The molecule has 1 unspecified atom stereocenters. The monoisotopic (exact) mass is 319 g/mol. The third kappa shape index (κ3) is 3.89. The van der Waals surface area contributed by atoms with E-state index in [2.05, 4.69) is 10.6 Å². The molecule has 2 amide bonds. The van der Waals surface area contributed by atoms with E-state index in [0.29, 0.717) is 22.7 Å². The first kappa shape index (κ1) is 16.1. The van der Waals surface area contributed by atoms with E-state index in [1.807, 2.05) is 36.0 Å². The van der Waals surface area contributed by atoms with Crippen molar-refractivity contribution in [2.75, 3.05) is 12.4 Å². The van der Waals surface area contributed by atoms with Gasteiger partial charge in [0.05, 0.1) is 10.6 Å². The zero-order valence-electron chi connectivity index (χ0n) is 12.5. The largest absolute Gasteiger partial charge is 0.355 e. The van der Waals surface area contributed by atoms with Crippen LogP contribution in [0.1, 0.15) is 29.7 Å². The molecule has 116 valence electrons. The third-order valence-electron chi connectivity index (χ3n) is 3.34. The highest BCUT2D eigenvalue weighted by Gasteiger charge is 2.13. The molecule has 5 nitrogen and oxygen atoms in total. The van der Waals surface area contributed by atoms with Crippen LogP contribution in [-0.4, -0.2) is 23.4 Å². The minimum absolute atomic E-state index is 0.0562. The zero-order valence-corrected chi connectivity index (χ0v) is 13.2. The lowest BCUT2D eigenvalue weighted by Crippen LogP contribution is -2.20. The Balaban J connectivity index is 2.04. The number of hydrogen-bond donors (Lipinski definition) is 2. The van der Waals surface area contributed by atoms with Gasteiger partial charge < -0.3 is 15.2 Å². The summed E-state index contributed by atoms with van der Waals surface area (Å²) >= 11 is 5.98. The van der Waals surface area contributed by atoms with Gasteiger partial charge >= 0.3 is 0 Å². The number of hydrogen-bond acceptors (Lipinski definition) is 2. The molecule has 0 aliphatic rings. The summed E-state index contributed by atoms with van der Waals surface area (Å²) in [5.41, 5.74) is 0.883. The second kappa shape index (κ2) is 7.13. The molecule has 6 heteroatoms. The van der Waals surface area contributed by atoms with Crippen LogP contribution in [0.3, 0.4) is 0 Å². The number of benzene rings is 1. The predicted molar refractivity (Wildman–Crippen MR) is 87.2 cm³/mol. The van der Waals surface area contributed by atoms with E-state index < -0.39 is 0 Å². The topological polar surface area (TPSA) is 63.1 Å². The quantitative estimate of drug-likeness (QED) is 0.889. The van der Waals surface area contributed by atoms with E-state index in [1.165, 1.54) is 7.05 Å². The van der Waals surface area contributed by atoms with Crippen molar-refractivity contribution in [1.29, 1.82) is 0 Å². The van der Waals surface area contributed by atoms with Gasteiger partial charge in [-0.05, 0) is 37.3 Å². The molecule has 0 fully saturated rings. The standard InChI is InChI=1S/C16H18ClN3O2/c1-11(20-7-3-4-8-20)9-15(21)19-12-5-6-14(17)13(10-12)16(22)18-2/h3-8,10-11H,9H2,1-2H3,(H,18,22)(H,19,21). The molecule has 0 saturated carbocycles. The smallest absolute Gasteiger partial charge is 0.252 e. The number of nitrogens with one attached hydrogen (secondary N) is 2. The number of carbonyl (C=O) groups excluding carboxylic acids is 2. The molecule has 2 aromatic rings. The SMILES string of the molecule is CNC(=O)c1cc(NC(=O)CC(C)n2cccc2)ccc1Cl. The first-order valence-corrected chi connectivity index (χ1v) is 7.33. The summed E-state index contributed by atoms with van der Waals surface area (Å²) < 4.78 is 1.97. The number of halogens is 1. The molecule has 1 aromatic carbocycles. The number of carbonyl (C=O) groups is 2. The van der Waals surface area contributed by atoms with Crippen LogP contribution in [0.2, 0.25) is 5.02 Å². The minimum Gasteiger partial charge on any atom is -0.355 e. The van der Waals surface area contributed by atoms with Gasteiger partial charge in [0.15, 0.2) is 0 Å². The number of aromatic nitrogens is 1. The van der Waals surface area contributed by atoms with Crippen LogP contribution >= 0.6 is 11.6 Å². The Bertz CT molecular complexity index is 668. The van der Waals surface area contributed by atoms with Crippen LogP contribution in [0.4, 0.5) is 5.69 Å². The number of rotatable bonds is 5. The average molecular weight is 320 g/mol. The molecule has 0 spiro atoms. The Kier molecular flexibility index (Phi) is 5.22. The van der Waals surface area contributed by atoms with Crippen LogP contribution < -0.4 is 10.6 Å². The normalized spacial score (nSPS) is 11.8. The zero-order chi connectivity index (χ0) is 16.1. The molecule has 2 N–H and O–H groups in total. The first-order valence-electron chi connectivity index (χ1n) is 6.95. The van der Waals surface area contributed by atoms with Crippen molar-refractivity contribution in [3.8, 4) is 0 Å². The lowest BCUT2D eigenvalue weighted by Gasteiger charge is -2.14. The van der Waals surface area contributed by atoms with E-state index in [4.69, 9.17) is 11.6 Å². The van der Waals surface area contributed by atoms with E-state index >= 15 is 0 Å². The van der Waals surface area contributed by atoms with Crippen molar-refractivity contribution in [2.45, 2.75) is 19.4 Å². The lowest BCUT2D eigenvalue weighted by molar-refractivity contribution is -0.116. The first-order chi connectivity index (χ1) is 10.5. The molecule has 0 bridgehead atoms. The van der Waals surface area contributed by atoms with Gasteiger partial charge in [-0.25, -0.2) is 0 Å². The van der Waals surface area contributed by atoms with Crippen LogP contribution in [-0.2, 0) is 4.79 Å². The summed E-state index contributed by atoms with van der Waals surface area (Å²) in [6, 6.07) is 8.73. The number of nitrogens with zero attached hydrogens (tertiary/aromatic N) is 1. The molecular formula is C16H18ClN3O2. The second-order valence-electron chi connectivity index (χ2n) is 5.01. The van der Waals surface area contributed by atoms with Crippen molar-refractivity contribution >= 4 is 29.1 Å². The van der Waals surface area contributed by atoms with Crippen molar-refractivity contribution in [3.63, 3.8) is 0 Å². The fourth-order valence-corrected chi connectivity index (χ4v) is 2.34. The van der Waals surface area contributed by atoms with Crippen LogP contribution in [0, 0.1) is 0 Å². The van der Waals surface area contributed by atoms with Crippen LogP contribution in [0.15, 0.2) is 42.7 Å². The van der Waals surface area contributed by atoms with Gasteiger partial charge in [-0.15, -0.1) is 0 Å². The maximum absolute atomic E-state index is 12.1. The van der Waals surface area contributed by atoms with Crippen molar-refractivity contribution in [1.82, 2.24) is 9.88 Å². The van der Waals surface area contributed by atoms with Crippen molar-refractivity contribution < 1.29 is 9.59 Å². The van der Waals surface area contributed by atoms with E-state index in [0.717, 1.165) is 0 Å².